The van der Waals surface area contributed by atoms with Gasteiger partial charge in [-0.05, 0) is 59.4 Å². The van der Waals surface area contributed by atoms with Crippen molar-refractivity contribution in [1.29, 1.82) is 0 Å². The fourth-order valence-electron chi connectivity index (χ4n) is 3.57. The molecular formula is C19H31N. The number of nitrogens with one attached hydrogen (secondary N) is 1. The smallest absolute Gasteiger partial charge is 0.0323 e. The van der Waals surface area contributed by atoms with Crippen LogP contribution in [0.25, 0.3) is 0 Å². The second-order valence-corrected chi connectivity index (χ2v) is 7.01. The first-order valence-corrected chi connectivity index (χ1v) is 8.36. The molecule has 0 spiro atoms. The molecule has 0 amide bonds. The van der Waals surface area contributed by atoms with Crippen LogP contribution in [0.3, 0.4) is 0 Å². The molecule has 20 heavy (non-hydrogen) atoms. The SMILES string of the molecule is CCNC1CCC(C)c2c(C(C)C)cc(C(C)C)cc21. The first-order chi connectivity index (χ1) is 9.45. The van der Waals surface area contributed by atoms with Crippen LogP contribution >= 0.6 is 0 Å². The van der Waals surface area contributed by atoms with Gasteiger partial charge in [-0.2, -0.15) is 0 Å². The molecule has 0 bridgehead atoms. The van der Waals surface area contributed by atoms with Crippen molar-refractivity contribution in [2.75, 3.05) is 6.54 Å². The predicted octanol–water partition coefficient (Wildman–Crippen LogP) is 5.48. The zero-order valence-corrected chi connectivity index (χ0v) is 14.1. The lowest BCUT2D eigenvalue weighted by atomic mass is 9.75. The Morgan fingerprint density at radius 2 is 1.80 bits per heavy atom. The Kier molecular flexibility index (Phi) is 4.90. The van der Waals surface area contributed by atoms with E-state index in [-0.39, 0.29) is 0 Å². The van der Waals surface area contributed by atoms with Gasteiger partial charge in [0.2, 0.25) is 0 Å². The molecule has 2 unspecified atom stereocenters. The van der Waals surface area contributed by atoms with Gasteiger partial charge in [-0.15, -0.1) is 0 Å². The molecule has 1 N–H and O–H groups in total. The summed E-state index contributed by atoms with van der Waals surface area (Å²) in [6, 6.07) is 5.51. The van der Waals surface area contributed by atoms with Crippen molar-refractivity contribution in [3.8, 4) is 0 Å². The van der Waals surface area contributed by atoms with Crippen LogP contribution in [0.15, 0.2) is 12.1 Å². The molecule has 1 heteroatoms. The molecule has 0 fully saturated rings. The molecule has 1 aliphatic carbocycles. The molecular weight excluding hydrogens is 242 g/mol. The van der Waals surface area contributed by atoms with E-state index in [9.17, 15) is 0 Å². The summed E-state index contributed by atoms with van der Waals surface area (Å²) in [5.74, 6) is 1.93. The van der Waals surface area contributed by atoms with Crippen LogP contribution in [0.2, 0.25) is 0 Å². The van der Waals surface area contributed by atoms with Crippen molar-refractivity contribution in [3.63, 3.8) is 0 Å². The number of hydrogen-bond donors (Lipinski definition) is 1. The largest absolute Gasteiger partial charge is 0.310 e. The van der Waals surface area contributed by atoms with Crippen LogP contribution in [0.1, 0.15) is 100 Å². The summed E-state index contributed by atoms with van der Waals surface area (Å²) in [7, 11) is 0. The highest BCUT2D eigenvalue weighted by atomic mass is 14.9. The summed E-state index contributed by atoms with van der Waals surface area (Å²) in [5, 5.41) is 3.69. The Balaban J connectivity index is 2.59. The Morgan fingerprint density at radius 1 is 1.10 bits per heavy atom. The van der Waals surface area contributed by atoms with Gasteiger partial charge in [0.25, 0.3) is 0 Å². The molecule has 2 atom stereocenters. The standard InChI is InChI=1S/C19H31N/c1-7-20-18-9-8-14(6)19-16(13(4)5)10-15(12(2)3)11-17(18)19/h10-14,18,20H,7-9H2,1-6H3. The van der Waals surface area contributed by atoms with Gasteiger partial charge in [0.1, 0.15) is 0 Å². The molecule has 1 aromatic carbocycles. The van der Waals surface area contributed by atoms with Gasteiger partial charge in [0, 0.05) is 6.04 Å². The quantitative estimate of drug-likeness (QED) is 0.765. The molecule has 1 aromatic rings. The number of benzene rings is 1. The summed E-state index contributed by atoms with van der Waals surface area (Å²) in [6.07, 6.45) is 2.59. The van der Waals surface area contributed by atoms with Crippen molar-refractivity contribution < 1.29 is 0 Å². The van der Waals surface area contributed by atoms with Crippen LogP contribution in [0, 0.1) is 0 Å². The summed E-state index contributed by atoms with van der Waals surface area (Å²) >= 11 is 0. The van der Waals surface area contributed by atoms with Crippen LogP contribution in [0.5, 0.6) is 0 Å². The predicted molar refractivity (Wildman–Crippen MR) is 88.7 cm³/mol. The van der Waals surface area contributed by atoms with Crippen molar-refractivity contribution in [1.82, 2.24) is 5.32 Å². The van der Waals surface area contributed by atoms with Crippen LogP contribution in [0.4, 0.5) is 0 Å². The molecule has 0 saturated heterocycles. The summed E-state index contributed by atoms with van der Waals surface area (Å²) in [5.41, 5.74) is 6.31. The van der Waals surface area contributed by atoms with Gasteiger partial charge in [-0.3, -0.25) is 0 Å². The van der Waals surface area contributed by atoms with E-state index < -0.39 is 0 Å². The van der Waals surface area contributed by atoms with E-state index in [1.54, 1.807) is 16.7 Å². The van der Waals surface area contributed by atoms with E-state index >= 15 is 0 Å². The highest BCUT2D eigenvalue weighted by Gasteiger charge is 2.28. The summed E-state index contributed by atoms with van der Waals surface area (Å²) in [6.45, 7) is 15.0. The second-order valence-electron chi connectivity index (χ2n) is 7.01. The van der Waals surface area contributed by atoms with Gasteiger partial charge in [0.15, 0.2) is 0 Å². The topological polar surface area (TPSA) is 12.0 Å². The lowest BCUT2D eigenvalue weighted by Crippen LogP contribution is -2.27. The highest BCUT2D eigenvalue weighted by molar-refractivity contribution is 5.46. The monoisotopic (exact) mass is 273 g/mol. The van der Waals surface area contributed by atoms with E-state index in [2.05, 4.69) is 59.0 Å². The fourth-order valence-corrected chi connectivity index (χ4v) is 3.57. The zero-order chi connectivity index (χ0) is 14.9. The third-order valence-electron chi connectivity index (χ3n) is 4.76. The maximum atomic E-state index is 3.69. The third-order valence-corrected chi connectivity index (χ3v) is 4.76. The van der Waals surface area contributed by atoms with Gasteiger partial charge in [-0.25, -0.2) is 0 Å². The van der Waals surface area contributed by atoms with Gasteiger partial charge < -0.3 is 5.32 Å². The van der Waals surface area contributed by atoms with E-state index in [1.165, 1.54) is 18.4 Å². The first-order valence-electron chi connectivity index (χ1n) is 8.36. The van der Waals surface area contributed by atoms with E-state index in [4.69, 9.17) is 0 Å². The summed E-state index contributed by atoms with van der Waals surface area (Å²) in [4.78, 5) is 0. The average Bonchev–Trinajstić information content (AvgIpc) is 2.40. The number of fused-ring (bicyclic) bond motifs is 1. The minimum Gasteiger partial charge on any atom is -0.310 e. The van der Waals surface area contributed by atoms with Crippen LogP contribution in [-0.2, 0) is 0 Å². The molecule has 1 aliphatic rings. The number of hydrogen-bond acceptors (Lipinski definition) is 1. The van der Waals surface area contributed by atoms with Crippen molar-refractivity contribution in [2.24, 2.45) is 0 Å². The van der Waals surface area contributed by atoms with Crippen LogP contribution in [-0.4, -0.2) is 6.54 Å². The van der Waals surface area contributed by atoms with E-state index in [0.717, 1.165) is 6.54 Å². The Morgan fingerprint density at radius 3 is 2.35 bits per heavy atom. The summed E-state index contributed by atoms with van der Waals surface area (Å²) < 4.78 is 0. The molecule has 112 valence electrons. The molecule has 0 radical (unpaired) electrons. The zero-order valence-electron chi connectivity index (χ0n) is 14.1. The lowest BCUT2D eigenvalue weighted by Gasteiger charge is -2.34. The maximum Gasteiger partial charge on any atom is 0.0323 e. The maximum absolute atomic E-state index is 3.69. The molecule has 0 heterocycles. The molecule has 1 nitrogen and oxygen atoms in total. The highest BCUT2D eigenvalue weighted by Crippen LogP contribution is 2.42. The molecule has 2 rings (SSSR count). The Bertz CT molecular complexity index is 459. The lowest BCUT2D eigenvalue weighted by molar-refractivity contribution is 0.437. The Hall–Kier alpha value is -0.820. The molecule has 0 saturated carbocycles. The third kappa shape index (κ3) is 2.93. The minimum absolute atomic E-state index is 0.558. The van der Waals surface area contributed by atoms with Crippen molar-refractivity contribution >= 4 is 0 Å². The van der Waals surface area contributed by atoms with Crippen LogP contribution < -0.4 is 5.32 Å². The van der Waals surface area contributed by atoms with Crippen molar-refractivity contribution in [2.45, 2.75) is 78.2 Å². The Labute approximate surface area is 125 Å². The van der Waals surface area contributed by atoms with Gasteiger partial charge in [-0.1, -0.05) is 53.7 Å². The molecule has 0 aliphatic heterocycles. The molecule has 0 aromatic heterocycles. The number of rotatable bonds is 4. The fraction of sp³-hybridized carbons (Fsp3) is 0.684. The van der Waals surface area contributed by atoms with Gasteiger partial charge in [0.05, 0.1) is 0 Å². The van der Waals surface area contributed by atoms with E-state index in [0.29, 0.717) is 23.8 Å². The first kappa shape index (κ1) is 15.6. The van der Waals surface area contributed by atoms with E-state index in [1.807, 2.05) is 0 Å². The normalized spacial score (nSPS) is 22.4. The minimum atomic E-state index is 0.558. The second kappa shape index (κ2) is 6.30. The van der Waals surface area contributed by atoms with Gasteiger partial charge >= 0.3 is 0 Å². The average molecular weight is 273 g/mol. The van der Waals surface area contributed by atoms with Crippen molar-refractivity contribution in [3.05, 3.63) is 34.4 Å².